The lowest BCUT2D eigenvalue weighted by Gasteiger charge is -2.27. The van der Waals surface area contributed by atoms with Gasteiger partial charge in [0.1, 0.15) is 0 Å². The van der Waals surface area contributed by atoms with Crippen LogP contribution < -0.4 is 5.32 Å². The Morgan fingerprint density at radius 1 is 1.06 bits per heavy atom. The average Bonchev–Trinajstić information content (AvgIpc) is 2.60. The first-order valence-electron chi connectivity index (χ1n) is 7.22. The number of hydrogen-bond donors (Lipinski definition) is 1. The molecule has 2 amide bonds. The molecule has 2 aliphatic rings. The molecule has 1 aliphatic carbocycles. The van der Waals surface area contributed by atoms with Gasteiger partial charge >= 0.3 is 6.03 Å². The molecule has 0 aromatic rings. The highest BCUT2D eigenvalue weighted by atomic mass is 16.2. The van der Waals surface area contributed by atoms with E-state index in [9.17, 15) is 4.79 Å². The van der Waals surface area contributed by atoms with Crippen LogP contribution in [-0.4, -0.2) is 30.6 Å². The van der Waals surface area contributed by atoms with Gasteiger partial charge in [0, 0.05) is 19.6 Å². The number of hydrogen-bond acceptors (Lipinski definition) is 1. The van der Waals surface area contributed by atoms with Gasteiger partial charge in [0.05, 0.1) is 0 Å². The lowest BCUT2D eigenvalue weighted by atomic mass is 9.89. The monoisotopic (exact) mass is 238 g/mol. The molecular formula is C14H26N2O. The highest BCUT2D eigenvalue weighted by Crippen LogP contribution is 2.36. The van der Waals surface area contributed by atoms with Crippen molar-refractivity contribution < 1.29 is 4.79 Å². The molecule has 0 aromatic carbocycles. The number of likely N-dealkylation sites (tertiary alicyclic amines) is 1. The minimum Gasteiger partial charge on any atom is -0.337 e. The molecule has 98 valence electrons. The van der Waals surface area contributed by atoms with Gasteiger partial charge in [-0.3, -0.25) is 0 Å². The minimum atomic E-state index is 0.167. The summed E-state index contributed by atoms with van der Waals surface area (Å²) in [5.74, 6) is 0. The molecular weight excluding hydrogens is 212 g/mol. The van der Waals surface area contributed by atoms with Crippen LogP contribution in [0.25, 0.3) is 0 Å². The summed E-state index contributed by atoms with van der Waals surface area (Å²) in [7, 11) is 0. The van der Waals surface area contributed by atoms with E-state index < -0.39 is 0 Å². The van der Waals surface area contributed by atoms with Crippen molar-refractivity contribution in [3.8, 4) is 0 Å². The maximum Gasteiger partial charge on any atom is 0.317 e. The number of carbonyl (C=O) groups excluding carboxylic acids is 1. The van der Waals surface area contributed by atoms with E-state index in [1.807, 2.05) is 4.90 Å². The first-order valence-corrected chi connectivity index (χ1v) is 7.22. The molecule has 0 unspecified atom stereocenters. The van der Waals surface area contributed by atoms with Crippen LogP contribution in [0.1, 0.15) is 58.3 Å². The summed E-state index contributed by atoms with van der Waals surface area (Å²) in [6.07, 6.45) is 10.1. The summed E-state index contributed by atoms with van der Waals surface area (Å²) in [5, 5.41) is 3.15. The summed E-state index contributed by atoms with van der Waals surface area (Å²) < 4.78 is 0. The highest BCUT2D eigenvalue weighted by molar-refractivity contribution is 5.74. The van der Waals surface area contributed by atoms with E-state index in [1.54, 1.807) is 0 Å². The van der Waals surface area contributed by atoms with Gasteiger partial charge in [-0.15, -0.1) is 0 Å². The maximum atomic E-state index is 12.1. The Hall–Kier alpha value is -0.730. The van der Waals surface area contributed by atoms with E-state index in [-0.39, 0.29) is 6.03 Å². The topological polar surface area (TPSA) is 32.3 Å². The zero-order valence-corrected chi connectivity index (χ0v) is 11.1. The number of nitrogens with zero attached hydrogens (tertiary/aromatic N) is 1. The standard InChI is InChI=1S/C14H26N2O/c1-14(8-4-5-9-14)12-15-13(17)16-10-6-2-3-7-11-16/h2-12H2,1H3,(H,15,17). The van der Waals surface area contributed by atoms with E-state index in [1.165, 1.54) is 51.4 Å². The van der Waals surface area contributed by atoms with Crippen molar-refractivity contribution in [3.05, 3.63) is 0 Å². The Morgan fingerprint density at radius 3 is 2.24 bits per heavy atom. The second-order valence-corrected chi connectivity index (χ2v) is 6.08. The van der Waals surface area contributed by atoms with Crippen LogP contribution in [0.3, 0.4) is 0 Å². The molecule has 3 heteroatoms. The molecule has 3 nitrogen and oxygen atoms in total. The molecule has 2 rings (SSSR count). The molecule has 1 aliphatic heterocycles. The summed E-state index contributed by atoms with van der Waals surface area (Å²) in [5.41, 5.74) is 0.363. The van der Waals surface area contributed by atoms with Gasteiger partial charge in [-0.1, -0.05) is 32.6 Å². The fraction of sp³-hybridized carbons (Fsp3) is 0.929. The van der Waals surface area contributed by atoms with Crippen LogP contribution in [0.15, 0.2) is 0 Å². The smallest absolute Gasteiger partial charge is 0.317 e. The van der Waals surface area contributed by atoms with Crippen molar-refractivity contribution >= 4 is 6.03 Å². The van der Waals surface area contributed by atoms with E-state index in [2.05, 4.69) is 12.2 Å². The molecule has 1 heterocycles. The molecule has 2 fully saturated rings. The number of urea groups is 1. The van der Waals surface area contributed by atoms with E-state index in [4.69, 9.17) is 0 Å². The van der Waals surface area contributed by atoms with Crippen molar-refractivity contribution in [2.45, 2.75) is 58.3 Å². The van der Waals surface area contributed by atoms with Crippen LogP contribution in [0.2, 0.25) is 0 Å². The second kappa shape index (κ2) is 5.74. The van der Waals surface area contributed by atoms with Gasteiger partial charge in [0.2, 0.25) is 0 Å². The van der Waals surface area contributed by atoms with Crippen molar-refractivity contribution in [3.63, 3.8) is 0 Å². The molecule has 0 radical (unpaired) electrons. The van der Waals surface area contributed by atoms with E-state index in [0.717, 1.165) is 19.6 Å². The lowest BCUT2D eigenvalue weighted by Crippen LogP contribution is -2.44. The molecule has 0 atom stereocenters. The second-order valence-electron chi connectivity index (χ2n) is 6.08. The third-order valence-corrected chi connectivity index (χ3v) is 4.37. The number of nitrogens with one attached hydrogen (secondary N) is 1. The molecule has 17 heavy (non-hydrogen) atoms. The van der Waals surface area contributed by atoms with E-state index in [0.29, 0.717) is 5.41 Å². The van der Waals surface area contributed by atoms with Gasteiger partial charge in [0.25, 0.3) is 0 Å². The lowest BCUT2D eigenvalue weighted by molar-refractivity contribution is 0.192. The van der Waals surface area contributed by atoms with Crippen molar-refractivity contribution in [2.24, 2.45) is 5.41 Å². The van der Waals surface area contributed by atoms with Crippen LogP contribution in [-0.2, 0) is 0 Å². The molecule has 1 saturated heterocycles. The fourth-order valence-electron chi connectivity index (χ4n) is 3.08. The predicted molar refractivity (Wildman–Crippen MR) is 70.0 cm³/mol. The Bertz CT molecular complexity index is 251. The minimum absolute atomic E-state index is 0.167. The van der Waals surface area contributed by atoms with Gasteiger partial charge < -0.3 is 10.2 Å². The first-order chi connectivity index (χ1) is 8.20. The predicted octanol–water partition coefficient (Wildman–Crippen LogP) is 3.15. The quantitative estimate of drug-likeness (QED) is 0.787. The molecule has 1 N–H and O–H groups in total. The van der Waals surface area contributed by atoms with Gasteiger partial charge in [0.15, 0.2) is 0 Å². The summed E-state index contributed by atoms with van der Waals surface area (Å²) in [6, 6.07) is 0.167. The zero-order valence-electron chi connectivity index (χ0n) is 11.1. The van der Waals surface area contributed by atoms with Crippen molar-refractivity contribution in [2.75, 3.05) is 19.6 Å². The third kappa shape index (κ3) is 3.62. The van der Waals surface area contributed by atoms with Gasteiger partial charge in [-0.25, -0.2) is 4.79 Å². The first kappa shape index (κ1) is 12.7. The van der Waals surface area contributed by atoms with Crippen LogP contribution in [0, 0.1) is 5.41 Å². The van der Waals surface area contributed by atoms with Crippen LogP contribution in [0.4, 0.5) is 4.79 Å². The number of rotatable bonds is 2. The zero-order chi connectivity index (χ0) is 12.1. The number of amides is 2. The molecule has 0 aromatic heterocycles. The maximum absolute atomic E-state index is 12.1. The Labute approximate surface area is 105 Å². The highest BCUT2D eigenvalue weighted by Gasteiger charge is 2.29. The Balaban J connectivity index is 1.75. The average molecular weight is 238 g/mol. The summed E-state index contributed by atoms with van der Waals surface area (Å²) in [4.78, 5) is 14.1. The SMILES string of the molecule is CC1(CNC(=O)N2CCCCCC2)CCCC1. The fourth-order valence-corrected chi connectivity index (χ4v) is 3.08. The molecule has 0 bridgehead atoms. The Morgan fingerprint density at radius 2 is 1.65 bits per heavy atom. The third-order valence-electron chi connectivity index (χ3n) is 4.37. The largest absolute Gasteiger partial charge is 0.337 e. The van der Waals surface area contributed by atoms with Crippen LogP contribution in [0.5, 0.6) is 0 Å². The number of carbonyl (C=O) groups is 1. The van der Waals surface area contributed by atoms with Gasteiger partial charge in [-0.2, -0.15) is 0 Å². The van der Waals surface area contributed by atoms with Crippen molar-refractivity contribution in [1.82, 2.24) is 10.2 Å². The normalized spacial score (nSPS) is 24.4. The van der Waals surface area contributed by atoms with Gasteiger partial charge in [-0.05, 0) is 31.1 Å². The molecule has 1 saturated carbocycles. The van der Waals surface area contributed by atoms with E-state index >= 15 is 0 Å². The Kier molecular flexibility index (Phi) is 4.30. The molecule has 0 spiro atoms. The summed E-state index contributed by atoms with van der Waals surface area (Å²) in [6.45, 7) is 5.07. The summed E-state index contributed by atoms with van der Waals surface area (Å²) >= 11 is 0. The van der Waals surface area contributed by atoms with Crippen molar-refractivity contribution in [1.29, 1.82) is 0 Å². The van der Waals surface area contributed by atoms with Crippen LogP contribution >= 0.6 is 0 Å².